The summed E-state index contributed by atoms with van der Waals surface area (Å²) < 4.78 is 0. The molecule has 0 aromatic rings. The Kier molecular flexibility index (Phi) is 3.93. The zero-order valence-corrected chi connectivity index (χ0v) is 9.52. The molecule has 14 heavy (non-hydrogen) atoms. The summed E-state index contributed by atoms with van der Waals surface area (Å²) in [4.78, 5) is 11.3. The summed E-state index contributed by atoms with van der Waals surface area (Å²) in [5.74, 6) is 0.104. The molecule has 3 nitrogen and oxygen atoms in total. The highest BCUT2D eigenvalue weighted by Crippen LogP contribution is 2.47. The fourth-order valence-electron chi connectivity index (χ4n) is 1.65. The van der Waals surface area contributed by atoms with Crippen LogP contribution in [-0.4, -0.2) is 25.0 Å². The van der Waals surface area contributed by atoms with Crippen molar-refractivity contribution in [1.82, 2.24) is 10.6 Å². The quantitative estimate of drug-likeness (QED) is 0.675. The monoisotopic (exact) mass is 198 g/mol. The zero-order valence-electron chi connectivity index (χ0n) is 9.52. The molecule has 0 aliphatic heterocycles. The van der Waals surface area contributed by atoms with Gasteiger partial charge in [0.25, 0.3) is 0 Å². The summed E-state index contributed by atoms with van der Waals surface area (Å²) >= 11 is 0. The first-order chi connectivity index (χ1) is 6.58. The van der Waals surface area contributed by atoms with Gasteiger partial charge in [-0.3, -0.25) is 4.79 Å². The predicted molar refractivity (Wildman–Crippen MR) is 58.1 cm³/mol. The Bertz CT molecular complexity index is 197. The molecule has 1 fully saturated rings. The van der Waals surface area contributed by atoms with Crippen LogP contribution in [0, 0.1) is 5.41 Å². The number of amides is 1. The largest absolute Gasteiger partial charge is 0.353 e. The highest BCUT2D eigenvalue weighted by Gasteiger charge is 2.39. The smallest absolute Gasteiger partial charge is 0.234 e. The van der Waals surface area contributed by atoms with Crippen LogP contribution in [0.3, 0.4) is 0 Å². The van der Waals surface area contributed by atoms with Crippen molar-refractivity contribution in [2.45, 2.75) is 46.1 Å². The van der Waals surface area contributed by atoms with Crippen molar-refractivity contribution in [3.63, 3.8) is 0 Å². The minimum atomic E-state index is 0.104. The highest BCUT2D eigenvalue weighted by molar-refractivity contribution is 5.78. The van der Waals surface area contributed by atoms with E-state index in [9.17, 15) is 4.79 Å². The van der Waals surface area contributed by atoms with E-state index in [1.807, 2.05) is 13.8 Å². The summed E-state index contributed by atoms with van der Waals surface area (Å²) in [5, 5.41) is 6.10. The Labute approximate surface area is 86.6 Å². The fraction of sp³-hybridized carbons (Fsp3) is 0.909. The van der Waals surface area contributed by atoms with Crippen LogP contribution in [0.4, 0.5) is 0 Å². The second-order valence-corrected chi connectivity index (χ2v) is 4.68. The van der Waals surface area contributed by atoms with E-state index in [1.54, 1.807) is 0 Å². The molecule has 1 amide bonds. The zero-order chi connectivity index (χ0) is 10.6. The van der Waals surface area contributed by atoms with Crippen LogP contribution in [0.5, 0.6) is 0 Å². The Balaban J connectivity index is 2.06. The van der Waals surface area contributed by atoms with Gasteiger partial charge >= 0.3 is 0 Å². The molecule has 0 aromatic heterocycles. The second-order valence-electron chi connectivity index (χ2n) is 4.68. The third-order valence-corrected chi connectivity index (χ3v) is 2.94. The molecule has 0 radical (unpaired) electrons. The van der Waals surface area contributed by atoms with E-state index < -0.39 is 0 Å². The topological polar surface area (TPSA) is 41.1 Å². The third kappa shape index (κ3) is 3.66. The molecule has 0 heterocycles. The summed E-state index contributed by atoms with van der Waals surface area (Å²) in [5.41, 5.74) is 0.526. The SMILES string of the molecule is CCC1(CNCC(=O)NC(C)C)CC1. The van der Waals surface area contributed by atoms with Gasteiger partial charge in [-0.2, -0.15) is 0 Å². The van der Waals surface area contributed by atoms with Gasteiger partial charge in [-0.1, -0.05) is 6.92 Å². The molecular formula is C11H22N2O. The summed E-state index contributed by atoms with van der Waals surface area (Å²) in [7, 11) is 0. The van der Waals surface area contributed by atoms with E-state index >= 15 is 0 Å². The Morgan fingerprint density at radius 3 is 2.50 bits per heavy atom. The van der Waals surface area contributed by atoms with Gasteiger partial charge in [0, 0.05) is 12.6 Å². The fourth-order valence-corrected chi connectivity index (χ4v) is 1.65. The van der Waals surface area contributed by atoms with Crippen molar-refractivity contribution >= 4 is 5.91 Å². The predicted octanol–water partition coefficient (Wildman–Crippen LogP) is 1.29. The maximum absolute atomic E-state index is 11.3. The van der Waals surface area contributed by atoms with Gasteiger partial charge in [-0.15, -0.1) is 0 Å². The first-order valence-corrected chi connectivity index (χ1v) is 5.58. The van der Waals surface area contributed by atoms with E-state index in [2.05, 4.69) is 17.6 Å². The number of carbonyl (C=O) groups is 1. The van der Waals surface area contributed by atoms with Crippen LogP contribution in [0.2, 0.25) is 0 Å². The van der Waals surface area contributed by atoms with E-state index in [0.29, 0.717) is 12.0 Å². The molecule has 2 N–H and O–H groups in total. The number of carbonyl (C=O) groups excluding carboxylic acids is 1. The molecule has 1 saturated carbocycles. The van der Waals surface area contributed by atoms with Gasteiger partial charge in [-0.25, -0.2) is 0 Å². The van der Waals surface area contributed by atoms with E-state index in [1.165, 1.54) is 19.3 Å². The Morgan fingerprint density at radius 2 is 2.07 bits per heavy atom. The standard InChI is InChI=1S/C11H22N2O/c1-4-11(5-6-11)8-12-7-10(14)13-9(2)3/h9,12H,4-8H2,1-3H3,(H,13,14). The molecule has 3 heteroatoms. The molecule has 1 aliphatic carbocycles. The van der Waals surface area contributed by atoms with Crippen LogP contribution in [0.25, 0.3) is 0 Å². The molecular weight excluding hydrogens is 176 g/mol. The number of nitrogens with one attached hydrogen (secondary N) is 2. The summed E-state index contributed by atoms with van der Waals surface area (Å²) in [6, 6.07) is 0.241. The summed E-state index contributed by atoms with van der Waals surface area (Å²) in [6.07, 6.45) is 3.87. The molecule has 0 bridgehead atoms. The Morgan fingerprint density at radius 1 is 1.43 bits per heavy atom. The number of hydrogen-bond donors (Lipinski definition) is 2. The van der Waals surface area contributed by atoms with E-state index in [0.717, 1.165) is 6.54 Å². The van der Waals surface area contributed by atoms with E-state index in [-0.39, 0.29) is 11.9 Å². The lowest BCUT2D eigenvalue weighted by atomic mass is 10.0. The van der Waals surface area contributed by atoms with Crippen molar-refractivity contribution in [2.24, 2.45) is 5.41 Å². The maximum Gasteiger partial charge on any atom is 0.234 e. The number of rotatable bonds is 6. The van der Waals surface area contributed by atoms with Gasteiger partial charge < -0.3 is 10.6 Å². The van der Waals surface area contributed by atoms with Gasteiger partial charge in [0.05, 0.1) is 6.54 Å². The van der Waals surface area contributed by atoms with Crippen LogP contribution in [0.15, 0.2) is 0 Å². The second kappa shape index (κ2) is 4.78. The lowest BCUT2D eigenvalue weighted by molar-refractivity contribution is -0.120. The molecule has 0 saturated heterocycles. The summed E-state index contributed by atoms with van der Waals surface area (Å²) in [6.45, 7) is 7.64. The van der Waals surface area contributed by atoms with Crippen molar-refractivity contribution in [2.75, 3.05) is 13.1 Å². The molecule has 1 rings (SSSR count). The highest BCUT2D eigenvalue weighted by atomic mass is 16.1. The van der Waals surface area contributed by atoms with Crippen molar-refractivity contribution in [3.8, 4) is 0 Å². The van der Waals surface area contributed by atoms with Crippen LogP contribution >= 0.6 is 0 Å². The first-order valence-electron chi connectivity index (χ1n) is 5.58. The number of hydrogen-bond acceptors (Lipinski definition) is 2. The first kappa shape index (κ1) is 11.5. The molecule has 0 spiro atoms. The van der Waals surface area contributed by atoms with Gasteiger partial charge in [0.15, 0.2) is 0 Å². The maximum atomic E-state index is 11.3. The van der Waals surface area contributed by atoms with Crippen LogP contribution in [-0.2, 0) is 4.79 Å². The van der Waals surface area contributed by atoms with Crippen LogP contribution < -0.4 is 10.6 Å². The molecule has 0 unspecified atom stereocenters. The average Bonchev–Trinajstić information content (AvgIpc) is 2.84. The van der Waals surface area contributed by atoms with E-state index in [4.69, 9.17) is 0 Å². The van der Waals surface area contributed by atoms with Crippen molar-refractivity contribution in [1.29, 1.82) is 0 Å². The van der Waals surface area contributed by atoms with Gasteiger partial charge in [0.1, 0.15) is 0 Å². The molecule has 0 aromatic carbocycles. The molecule has 1 aliphatic rings. The minimum absolute atomic E-state index is 0.104. The average molecular weight is 198 g/mol. The van der Waals surface area contributed by atoms with Crippen molar-refractivity contribution in [3.05, 3.63) is 0 Å². The lowest BCUT2D eigenvalue weighted by Crippen LogP contribution is -2.39. The Hall–Kier alpha value is -0.570. The molecule has 82 valence electrons. The van der Waals surface area contributed by atoms with Gasteiger partial charge in [-0.05, 0) is 38.5 Å². The lowest BCUT2D eigenvalue weighted by Gasteiger charge is -2.14. The normalized spacial score (nSPS) is 18.3. The van der Waals surface area contributed by atoms with Crippen LogP contribution in [0.1, 0.15) is 40.0 Å². The molecule has 0 atom stereocenters. The van der Waals surface area contributed by atoms with Crippen molar-refractivity contribution < 1.29 is 4.79 Å². The minimum Gasteiger partial charge on any atom is -0.353 e. The third-order valence-electron chi connectivity index (χ3n) is 2.94. The van der Waals surface area contributed by atoms with Gasteiger partial charge in [0.2, 0.25) is 5.91 Å².